The number of carbonyl (C=O) groups is 2. The molecule has 5 nitrogen and oxygen atoms in total. The summed E-state index contributed by atoms with van der Waals surface area (Å²) in [5, 5.41) is -0.157. The normalized spacial score (nSPS) is 14.7. The second-order valence-electron chi connectivity index (χ2n) is 10.2. The minimum atomic E-state index is -0.157. The Morgan fingerprint density at radius 3 is 2.22 bits per heavy atom. The maximum atomic E-state index is 13.6. The van der Waals surface area contributed by atoms with E-state index in [1.54, 1.807) is 18.9 Å². The summed E-state index contributed by atoms with van der Waals surface area (Å²) in [6.45, 7) is 0.655. The van der Waals surface area contributed by atoms with Gasteiger partial charge in [0.2, 0.25) is 5.91 Å². The number of carbonyl (C=O) groups excluding carboxylic acids is 2. The van der Waals surface area contributed by atoms with Gasteiger partial charge in [0, 0.05) is 17.8 Å². The van der Waals surface area contributed by atoms with E-state index in [0.717, 1.165) is 49.0 Å². The zero-order chi connectivity index (χ0) is 28.4. The molecule has 1 aliphatic heterocycles. The van der Waals surface area contributed by atoms with Gasteiger partial charge in [0.1, 0.15) is 11.1 Å². The highest BCUT2D eigenvalue weighted by molar-refractivity contribution is 8.00. The Hall–Kier alpha value is -4.03. The fourth-order valence-electron chi connectivity index (χ4n) is 5.26. The summed E-state index contributed by atoms with van der Waals surface area (Å²) in [5.41, 5.74) is 4.71. The number of para-hydroxylation sites is 2. The lowest BCUT2D eigenvalue weighted by Gasteiger charge is -2.27. The van der Waals surface area contributed by atoms with Crippen molar-refractivity contribution in [2.45, 2.75) is 37.5 Å². The number of methoxy groups -OCH3 is 1. The first kappa shape index (κ1) is 28.5. The molecule has 210 valence electrons. The molecule has 0 radical (unpaired) electrons. The lowest BCUT2D eigenvalue weighted by atomic mass is 10.1. The van der Waals surface area contributed by atoms with E-state index in [2.05, 4.69) is 30.3 Å². The van der Waals surface area contributed by atoms with E-state index in [4.69, 9.17) is 4.74 Å². The largest absolute Gasteiger partial charge is 0.495 e. The van der Waals surface area contributed by atoms with Crippen LogP contribution in [-0.4, -0.2) is 31.2 Å². The van der Waals surface area contributed by atoms with Gasteiger partial charge in [-0.15, -0.1) is 11.8 Å². The van der Waals surface area contributed by atoms with E-state index >= 15 is 0 Å². The van der Waals surface area contributed by atoms with E-state index in [9.17, 15) is 9.59 Å². The molecule has 1 saturated heterocycles. The fraction of sp³-hybridized carbons (Fsp3) is 0.257. The number of unbranched alkanes of at least 4 members (excludes halogenated alkanes) is 3. The van der Waals surface area contributed by atoms with Crippen LogP contribution in [0.2, 0.25) is 0 Å². The number of thioether (sulfide) groups is 1. The number of nitrogens with zero attached hydrogens (tertiary/aromatic N) is 2. The van der Waals surface area contributed by atoms with E-state index in [1.165, 1.54) is 5.56 Å². The van der Waals surface area contributed by atoms with E-state index in [-0.39, 0.29) is 17.2 Å². The first-order valence-electron chi connectivity index (χ1n) is 14.2. The molecule has 4 aromatic carbocycles. The summed E-state index contributed by atoms with van der Waals surface area (Å²) in [6, 6.07) is 35.8. The molecule has 4 aromatic rings. The number of benzene rings is 4. The van der Waals surface area contributed by atoms with Gasteiger partial charge >= 0.3 is 0 Å². The van der Waals surface area contributed by atoms with Gasteiger partial charge in [0.05, 0.1) is 18.6 Å². The monoisotopic (exact) mass is 564 g/mol. The summed E-state index contributed by atoms with van der Waals surface area (Å²) in [5.74, 6) is 1.15. The van der Waals surface area contributed by atoms with Crippen LogP contribution in [0.4, 0.5) is 11.4 Å². The van der Waals surface area contributed by atoms with E-state index in [1.807, 2.05) is 88.7 Å². The van der Waals surface area contributed by atoms with Gasteiger partial charge in [-0.25, -0.2) is 0 Å². The van der Waals surface area contributed by atoms with Gasteiger partial charge in [0.25, 0.3) is 5.91 Å². The molecule has 0 aliphatic carbocycles. The zero-order valence-corrected chi connectivity index (χ0v) is 24.3. The molecule has 1 unspecified atom stereocenters. The third-order valence-corrected chi connectivity index (χ3v) is 8.62. The number of anilines is 2. The minimum absolute atomic E-state index is 0.00343. The lowest BCUT2D eigenvalue weighted by molar-refractivity contribution is -0.115. The molecule has 0 N–H and O–H groups in total. The number of hydrogen-bond donors (Lipinski definition) is 0. The number of rotatable bonds is 12. The Morgan fingerprint density at radius 2 is 1.49 bits per heavy atom. The summed E-state index contributed by atoms with van der Waals surface area (Å²) in [4.78, 5) is 30.2. The molecular weight excluding hydrogens is 528 g/mol. The van der Waals surface area contributed by atoms with Crippen LogP contribution >= 0.6 is 11.8 Å². The lowest BCUT2D eigenvalue weighted by Crippen LogP contribution is -2.32. The van der Waals surface area contributed by atoms with Gasteiger partial charge in [-0.2, -0.15) is 0 Å². The van der Waals surface area contributed by atoms with Crippen LogP contribution in [0.3, 0.4) is 0 Å². The molecule has 1 aliphatic rings. The predicted octanol–water partition coefficient (Wildman–Crippen LogP) is 7.92. The first-order valence-corrected chi connectivity index (χ1v) is 15.3. The van der Waals surface area contributed by atoms with Crippen molar-refractivity contribution in [2.75, 3.05) is 29.2 Å². The van der Waals surface area contributed by atoms with Crippen molar-refractivity contribution in [2.24, 2.45) is 0 Å². The molecule has 5 rings (SSSR count). The van der Waals surface area contributed by atoms with Crippen LogP contribution in [0, 0.1) is 0 Å². The van der Waals surface area contributed by atoms with Crippen molar-refractivity contribution in [1.29, 1.82) is 0 Å². The summed E-state index contributed by atoms with van der Waals surface area (Å²) in [6.07, 6.45) is 5.36. The highest BCUT2D eigenvalue weighted by Crippen LogP contribution is 2.45. The number of amides is 2. The average Bonchev–Trinajstić information content (AvgIpc) is 3.42. The van der Waals surface area contributed by atoms with Crippen LogP contribution in [0.5, 0.6) is 5.75 Å². The van der Waals surface area contributed by atoms with Crippen LogP contribution in [0.1, 0.15) is 52.5 Å². The molecule has 1 fully saturated rings. The molecule has 0 saturated carbocycles. The molecule has 2 amide bonds. The predicted molar refractivity (Wildman–Crippen MR) is 169 cm³/mol. The Kier molecular flexibility index (Phi) is 9.76. The number of hydrogen-bond acceptors (Lipinski definition) is 4. The second-order valence-corrected chi connectivity index (χ2v) is 11.2. The standard InChI is InChI=1S/C35H36N2O3S/c1-40-32-20-12-11-19-31(32)37-33(38)26-41-35(37)29-21-23-30(24-22-29)36(34(39)28-17-9-5-10-18-28)25-13-3-2-6-14-27-15-7-4-8-16-27/h4-5,7-12,15-24,35H,2-3,6,13-14,25-26H2,1H3. The van der Waals surface area contributed by atoms with Crippen LogP contribution < -0.4 is 14.5 Å². The van der Waals surface area contributed by atoms with Gasteiger partial charge in [-0.1, -0.05) is 85.6 Å². The number of aryl methyl sites for hydroxylation is 1. The second kappa shape index (κ2) is 14.0. The van der Waals surface area contributed by atoms with Crippen molar-refractivity contribution < 1.29 is 14.3 Å². The van der Waals surface area contributed by atoms with Gasteiger partial charge in [0.15, 0.2) is 0 Å². The zero-order valence-electron chi connectivity index (χ0n) is 23.4. The van der Waals surface area contributed by atoms with Crippen molar-refractivity contribution in [3.05, 3.63) is 126 Å². The third-order valence-electron chi connectivity index (χ3n) is 7.41. The van der Waals surface area contributed by atoms with Crippen LogP contribution in [0.15, 0.2) is 109 Å². The first-order chi connectivity index (χ1) is 20.2. The summed E-state index contributed by atoms with van der Waals surface area (Å²) in [7, 11) is 1.62. The highest BCUT2D eigenvalue weighted by Gasteiger charge is 2.35. The summed E-state index contributed by atoms with van der Waals surface area (Å²) < 4.78 is 5.55. The van der Waals surface area contributed by atoms with Crippen LogP contribution in [0.25, 0.3) is 0 Å². The quantitative estimate of drug-likeness (QED) is 0.164. The molecule has 41 heavy (non-hydrogen) atoms. The van der Waals surface area contributed by atoms with Gasteiger partial charge in [-0.05, 0) is 66.8 Å². The number of ether oxygens (including phenoxy) is 1. The Balaban J connectivity index is 1.29. The smallest absolute Gasteiger partial charge is 0.258 e. The maximum absolute atomic E-state index is 13.6. The molecule has 0 spiro atoms. The SMILES string of the molecule is COc1ccccc1N1C(=O)CSC1c1ccc(N(CCCCCCc2ccccc2)C(=O)c2ccccc2)cc1. The topological polar surface area (TPSA) is 49.9 Å². The molecule has 0 bridgehead atoms. The van der Waals surface area contributed by atoms with E-state index in [0.29, 0.717) is 23.6 Å². The molecular formula is C35H36N2O3S. The third kappa shape index (κ3) is 7.01. The Morgan fingerprint density at radius 1 is 0.829 bits per heavy atom. The van der Waals surface area contributed by atoms with Gasteiger partial charge in [-0.3, -0.25) is 14.5 Å². The molecule has 0 aromatic heterocycles. The van der Waals surface area contributed by atoms with Gasteiger partial charge < -0.3 is 9.64 Å². The molecule has 1 atom stereocenters. The molecule has 6 heteroatoms. The van der Waals surface area contributed by atoms with Crippen molar-refractivity contribution in [3.63, 3.8) is 0 Å². The highest BCUT2D eigenvalue weighted by atomic mass is 32.2. The minimum Gasteiger partial charge on any atom is -0.495 e. The Labute approximate surface area is 247 Å². The van der Waals surface area contributed by atoms with Crippen molar-refractivity contribution in [1.82, 2.24) is 0 Å². The fourth-order valence-corrected chi connectivity index (χ4v) is 6.43. The molecule has 1 heterocycles. The van der Waals surface area contributed by atoms with E-state index < -0.39 is 0 Å². The van der Waals surface area contributed by atoms with Crippen LogP contribution in [-0.2, 0) is 11.2 Å². The van der Waals surface area contributed by atoms with Crippen molar-refractivity contribution in [3.8, 4) is 5.75 Å². The van der Waals surface area contributed by atoms with Crippen molar-refractivity contribution >= 4 is 35.0 Å². The Bertz CT molecular complexity index is 1430. The summed E-state index contributed by atoms with van der Waals surface area (Å²) >= 11 is 1.60. The maximum Gasteiger partial charge on any atom is 0.258 e. The average molecular weight is 565 g/mol.